The van der Waals surface area contributed by atoms with Crippen molar-refractivity contribution in [2.24, 2.45) is 5.73 Å². The minimum atomic E-state index is -0.991. The molecule has 5 heteroatoms. The summed E-state index contributed by atoms with van der Waals surface area (Å²) in [5.41, 5.74) is 5.71. The first kappa shape index (κ1) is 13.9. The first-order chi connectivity index (χ1) is 7.01. The number of likely N-dealkylation sites (N-methyl/N-ethyl adjacent to an activating group) is 1. The lowest BCUT2D eigenvalue weighted by Gasteiger charge is -2.20. The number of amides is 1. The van der Waals surface area contributed by atoms with Crippen molar-refractivity contribution in [1.82, 2.24) is 4.90 Å². The van der Waals surface area contributed by atoms with E-state index < -0.39 is 5.97 Å². The number of carbonyl (C=O) groups is 2. The molecule has 15 heavy (non-hydrogen) atoms. The molecule has 0 aliphatic heterocycles. The maximum Gasteiger partial charge on any atom is 0.323 e. The molecule has 0 aromatic rings. The highest BCUT2D eigenvalue weighted by Crippen LogP contribution is 2.02. The molecule has 0 fully saturated rings. The van der Waals surface area contributed by atoms with Gasteiger partial charge in [0.25, 0.3) is 0 Å². The summed E-state index contributed by atoms with van der Waals surface area (Å²) in [6.45, 7) is 3.92. The molecule has 1 amide bonds. The Hall–Kier alpha value is -1.10. The summed E-state index contributed by atoms with van der Waals surface area (Å²) in [6.07, 6.45) is 1.95. The molecule has 0 aliphatic rings. The maximum atomic E-state index is 11.6. The lowest BCUT2D eigenvalue weighted by atomic mass is 10.1. The molecule has 88 valence electrons. The predicted octanol–water partition coefficient (Wildman–Crippen LogP) is 0.437. The molecule has 0 heterocycles. The van der Waals surface area contributed by atoms with Crippen LogP contribution >= 0.6 is 0 Å². The molecule has 0 saturated carbocycles. The van der Waals surface area contributed by atoms with Crippen LogP contribution in [-0.2, 0) is 9.59 Å². The van der Waals surface area contributed by atoms with Gasteiger partial charge in [-0.2, -0.15) is 0 Å². The van der Waals surface area contributed by atoms with Crippen molar-refractivity contribution in [2.45, 2.75) is 39.2 Å². The van der Waals surface area contributed by atoms with Crippen LogP contribution in [0.25, 0.3) is 0 Å². The lowest BCUT2D eigenvalue weighted by Crippen LogP contribution is -2.38. The number of nitrogens with zero attached hydrogens (tertiary/aromatic N) is 1. The topological polar surface area (TPSA) is 83.6 Å². The Morgan fingerprint density at radius 1 is 1.40 bits per heavy atom. The van der Waals surface area contributed by atoms with Crippen LogP contribution in [0.15, 0.2) is 0 Å². The zero-order chi connectivity index (χ0) is 11.8. The van der Waals surface area contributed by atoms with Gasteiger partial charge in [-0.15, -0.1) is 0 Å². The fourth-order valence-corrected chi connectivity index (χ4v) is 1.37. The van der Waals surface area contributed by atoms with Crippen molar-refractivity contribution in [2.75, 3.05) is 13.1 Å². The van der Waals surface area contributed by atoms with E-state index in [0.717, 1.165) is 12.8 Å². The monoisotopic (exact) mass is 216 g/mol. The minimum Gasteiger partial charge on any atom is -0.480 e. The van der Waals surface area contributed by atoms with Gasteiger partial charge in [0.1, 0.15) is 6.54 Å². The van der Waals surface area contributed by atoms with Crippen molar-refractivity contribution >= 4 is 11.9 Å². The van der Waals surface area contributed by atoms with E-state index in [-0.39, 0.29) is 24.9 Å². The van der Waals surface area contributed by atoms with Gasteiger partial charge in [-0.3, -0.25) is 9.59 Å². The first-order valence-electron chi connectivity index (χ1n) is 5.26. The molecule has 0 aromatic carbocycles. The SMILES string of the molecule is CCCC(N)CC(=O)N(CC)CC(=O)O. The van der Waals surface area contributed by atoms with Crippen molar-refractivity contribution in [3.63, 3.8) is 0 Å². The van der Waals surface area contributed by atoms with Gasteiger partial charge in [0.15, 0.2) is 0 Å². The number of rotatable bonds is 7. The zero-order valence-corrected chi connectivity index (χ0v) is 9.40. The largest absolute Gasteiger partial charge is 0.480 e. The second-order valence-corrected chi connectivity index (χ2v) is 3.55. The summed E-state index contributed by atoms with van der Waals surface area (Å²) in [6, 6.07) is -0.162. The Bertz CT molecular complexity index is 219. The molecular weight excluding hydrogens is 196 g/mol. The van der Waals surface area contributed by atoms with Crippen LogP contribution in [0.4, 0.5) is 0 Å². The molecule has 0 saturated heterocycles. The number of nitrogens with two attached hydrogens (primary N) is 1. The van der Waals surface area contributed by atoms with Gasteiger partial charge < -0.3 is 15.7 Å². The molecule has 0 rings (SSSR count). The van der Waals surface area contributed by atoms with Gasteiger partial charge >= 0.3 is 5.97 Å². The van der Waals surface area contributed by atoms with Crippen molar-refractivity contribution in [1.29, 1.82) is 0 Å². The molecule has 3 N–H and O–H groups in total. The molecule has 0 bridgehead atoms. The quantitative estimate of drug-likeness (QED) is 0.646. The third kappa shape index (κ3) is 6.06. The molecule has 5 nitrogen and oxygen atoms in total. The van der Waals surface area contributed by atoms with Crippen molar-refractivity contribution < 1.29 is 14.7 Å². The predicted molar refractivity (Wildman–Crippen MR) is 57.4 cm³/mol. The van der Waals surface area contributed by atoms with Gasteiger partial charge in [-0.25, -0.2) is 0 Å². The van der Waals surface area contributed by atoms with Crippen LogP contribution in [0.2, 0.25) is 0 Å². The Kier molecular flexibility index (Phi) is 6.70. The van der Waals surface area contributed by atoms with E-state index in [2.05, 4.69) is 0 Å². The third-order valence-corrected chi connectivity index (χ3v) is 2.16. The Morgan fingerprint density at radius 3 is 2.40 bits per heavy atom. The molecule has 0 radical (unpaired) electrons. The first-order valence-corrected chi connectivity index (χ1v) is 5.26. The molecular formula is C10H20N2O3. The van der Waals surface area contributed by atoms with E-state index in [1.54, 1.807) is 6.92 Å². The van der Waals surface area contributed by atoms with E-state index in [1.165, 1.54) is 4.90 Å². The average molecular weight is 216 g/mol. The summed E-state index contributed by atoms with van der Waals surface area (Å²) in [5, 5.41) is 8.58. The standard InChI is InChI=1S/C10H20N2O3/c1-3-5-8(11)6-9(13)12(4-2)7-10(14)15/h8H,3-7,11H2,1-2H3,(H,14,15). The second-order valence-electron chi connectivity index (χ2n) is 3.55. The van der Waals surface area contributed by atoms with Crippen LogP contribution in [0.3, 0.4) is 0 Å². The second kappa shape index (κ2) is 7.23. The highest BCUT2D eigenvalue weighted by Gasteiger charge is 2.17. The highest BCUT2D eigenvalue weighted by atomic mass is 16.4. The summed E-state index contributed by atoms with van der Waals surface area (Å²) < 4.78 is 0. The Balaban J connectivity index is 4.09. The van der Waals surface area contributed by atoms with Gasteiger partial charge in [0, 0.05) is 19.0 Å². The van der Waals surface area contributed by atoms with Gasteiger partial charge in [-0.1, -0.05) is 13.3 Å². The van der Waals surface area contributed by atoms with Crippen molar-refractivity contribution in [3.05, 3.63) is 0 Å². The Labute approximate surface area is 90.2 Å². The van der Waals surface area contributed by atoms with Gasteiger partial charge in [0.2, 0.25) is 5.91 Å². The van der Waals surface area contributed by atoms with E-state index in [4.69, 9.17) is 10.8 Å². The Morgan fingerprint density at radius 2 is 2.00 bits per heavy atom. The fourth-order valence-electron chi connectivity index (χ4n) is 1.37. The van der Waals surface area contributed by atoms with Gasteiger partial charge in [0.05, 0.1) is 0 Å². The van der Waals surface area contributed by atoms with Crippen LogP contribution in [0.1, 0.15) is 33.1 Å². The smallest absolute Gasteiger partial charge is 0.323 e. The van der Waals surface area contributed by atoms with E-state index in [1.807, 2.05) is 6.92 Å². The minimum absolute atomic E-state index is 0.162. The summed E-state index contributed by atoms with van der Waals surface area (Å²) in [4.78, 5) is 23.3. The number of aliphatic carboxylic acids is 1. The summed E-state index contributed by atoms with van der Waals surface area (Å²) >= 11 is 0. The number of hydrogen-bond acceptors (Lipinski definition) is 3. The lowest BCUT2D eigenvalue weighted by molar-refractivity contribution is -0.144. The zero-order valence-electron chi connectivity index (χ0n) is 9.40. The molecule has 0 aliphatic carbocycles. The number of carbonyl (C=O) groups excluding carboxylic acids is 1. The van der Waals surface area contributed by atoms with Crippen LogP contribution in [-0.4, -0.2) is 41.0 Å². The number of hydrogen-bond donors (Lipinski definition) is 2. The van der Waals surface area contributed by atoms with Crippen LogP contribution in [0.5, 0.6) is 0 Å². The highest BCUT2D eigenvalue weighted by molar-refractivity contribution is 5.81. The van der Waals surface area contributed by atoms with Gasteiger partial charge in [-0.05, 0) is 13.3 Å². The summed E-state index contributed by atoms with van der Waals surface area (Å²) in [7, 11) is 0. The molecule has 0 spiro atoms. The van der Waals surface area contributed by atoms with E-state index >= 15 is 0 Å². The van der Waals surface area contributed by atoms with Crippen molar-refractivity contribution in [3.8, 4) is 0 Å². The van der Waals surface area contributed by atoms with E-state index in [0.29, 0.717) is 6.54 Å². The van der Waals surface area contributed by atoms with Crippen LogP contribution in [0, 0.1) is 0 Å². The fraction of sp³-hybridized carbons (Fsp3) is 0.800. The molecule has 1 unspecified atom stereocenters. The summed E-state index contributed by atoms with van der Waals surface area (Å²) in [5.74, 6) is -1.17. The van der Waals surface area contributed by atoms with E-state index in [9.17, 15) is 9.59 Å². The average Bonchev–Trinajstić information content (AvgIpc) is 2.13. The van der Waals surface area contributed by atoms with Crippen LogP contribution < -0.4 is 5.73 Å². The number of carboxylic acids is 1. The normalized spacial score (nSPS) is 12.2. The third-order valence-electron chi connectivity index (χ3n) is 2.16. The number of carboxylic acid groups (broad SMARTS) is 1. The maximum absolute atomic E-state index is 11.6. The molecule has 1 atom stereocenters. The molecule has 0 aromatic heterocycles.